The Labute approximate surface area is 448 Å². The van der Waals surface area contributed by atoms with Crippen molar-refractivity contribution in [3.63, 3.8) is 0 Å². The average molecular weight is 1010 g/mol. The molecular formula is C66H123NO5. The Kier molecular flexibility index (Phi) is 59.5. The molecule has 6 heteroatoms. The molecule has 0 aromatic heterocycles. The van der Waals surface area contributed by atoms with E-state index >= 15 is 0 Å². The topological polar surface area (TPSA) is 95.9 Å². The van der Waals surface area contributed by atoms with Gasteiger partial charge in [-0.3, -0.25) is 9.59 Å². The lowest BCUT2D eigenvalue weighted by Crippen LogP contribution is -2.45. The Morgan fingerprint density at radius 2 is 0.694 bits per heavy atom. The molecule has 0 spiro atoms. The van der Waals surface area contributed by atoms with Gasteiger partial charge in [-0.2, -0.15) is 0 Å². The van der Waals surface area contributed by atoms with Gasteiger partial charge < -0.3 is 20.3 Å². The highest BCUT2D eigenvalue weighted by atomic mass is 16.5. The van der Waals surface area contributed by atoms with Gasteiger partial charge in [0.25, 0.3) is 0 Å². The number of ether oxygens (including phenoxy) is 1. The second kappa shape index (κ2) is 61.4. The minimum absolute atomic E-state index is 0.00342. The van der Waals surface area contributed by atoms with Crippen LogP contribution in [-0.4, -0.2) is 47.4 Å². The molecule has 0 heterocycles. The number of hydrogen-bond donors (Lipinski definition) is 3. The zero-order valence-electron chi connectivity index (χ0n) is 48.2. The molecule has 0 rings (SSSR count). The molecule has 2 atom stereocenters. The fraction of sp³-hybridized carbons (Fsp3) is 0.848. The van der Waals surface area contributed by atoms with Gasteiger partial charge in [-0.05, 0) is 89.9 Å². The lowest BCUT2D eigenvalue weighted by atomic mass is 10.0. The Morgan fingerprint density at radius 3 is 1.08 bits per heavy atom. The van der Waals surface area contributed by atoms with Gasteiger partial charge in [0, 0.05) is 12.8 Å². The predicted molar refractivity (Wildman–Crippen MR) is 315 cm³/mol. The van der Waals surface area contributed by atoms with E-state index < -0.39 is 12.1 Å². The molecule has 0 saturated heterocycles. The number of rotatable bonds is 59. The number of esters is 1. The number of carbonyl (C=O) groups is 2. The van der Waals surface area contributed by atoms with E-state index in [2.05, 4.69) is 55.6 Å². The second-order valence-electron chi connectivity index (χ2n) is 21.7. The van der Waals surface area contributed by atoms with Crippen LogP contribution in [0.3, 0.4) is 0 Å². The normalized spacial score (nSPS) is 12.9. The molecule has 0 aromatic carbocycles. The van der Waals surface area contributed by atoms with Crippen LogP contribution in [0.15, 0.2) is 48.6 Å². The number of carbonyl (C=O) groups excluding carboxylic acids is 2. The predicted octanol–water partition coefficient (Wildman–Crippen LogP) is 20.1. The van der Waals surface area contributed by atoms with Crippen molar-refractivity contribution < 1.29 is 24.5 Å². The maximum Gasteiger partial charge on any atom is 0.305 e. The molecule has 6 nitrogen and oxygen atoms in total. The SMILES string of the molecule is CCCCCC/C=C\C/C=C\CCCCCCCCCC(=O)OCCCCCCCCCCCCCC/C=C\CCCCCCCCCC(=O)NC(CO)C(O)/C=C/CCCCCCCCCCCCCC. The summed E-state index contributed by atoms with van der Waals surface area (Å²) in [6, 6.07) is -0.633. The van der Waals surface area contributed by atoms with Gasteiger partial charge in [0.05, 0.1) is 25.4 Å². The number of amides is 1. The fourth-order valence-electron chi connectivity index (χ4n) is 9.66. The molecule has 0 aliphatic heterocycles. The summed E-state index contributed by atoms with van der Waals surface area (Å²) in [5.41, 5.74) is 0. The van der Waals surface area contributed by atoms with Crippen LogP contribution >= 0.6 is 0 Å². The number of hydrogen-bond acceptors (Lipinski definition) is 5. The van der Waals surface area contributed by atoms with Crippen molar-refractivity contribution in [2.75, 3.05) is 13.2 Å². The summed E-state index contributed by atoms with van der Waals surface area (Å²) < 4.78 is 5.49. The lowest BCUT2D eigenvalue weighted by Gasteiger charge is -2.20. The molecule has 0 aliphatic rings. The zero-order chi connectivity index (χ0) is 52.2. The summed E-state index contributed by atoms with van der Waals surface area (Å²) in [5, 5.41) is 23.1. The van der Waals surface area contributed by atoms with E-state index in [0.29, 0.717) is 19.4 Å². The van der Waals surface area contributed by atoms with Crippen LogP contribution < -0.4 is 5.32 Å². The first-order valence-electron chi connectivity index (χ1n) is 31.9. The highest BCUT2D eigenvalue weighted by molar-refractivity contribution is 5.76. The van der Waals surface area contributed by atoms with Crippen molar-refractivity contribution in [1.29, 1.82) is 0 Å². The molecule has 1 amide bonds. The van der Waals surface area contributed by atoms with Gasteiger partial charge in [-0.15, -0.1) is 0 Å². The van der Waals surface area contributed by atoms with Crippen LogP contribution in [0.2, 0.25) is 0 Å². The smallest absolute Gasteiger partial charge is 0.305 e. The molecule has 0 saturated carbocycles. The molecular weight excluding hydrogens is 887 g/mol. The summed E-state index contributed by atoms with van der Waals surface area (Å²) in [5.74, 6) is -0.0707. The van der Waals surface area contributed by atoms with Gasteiger partial charge in [-0.25, -0.2) is 0 Å². The molecule has 0 aliphatic carbocycles. The minimum atomic E-state index is -0.849. The largest absolute Gasteiger partial charge is 0.466 e. The Hall–Kier alpha value is -2.18. The number of allylic oxidation sites excluding steroid dienone is 7. The van der Waals surface area contributed by atoms with Crippen molar-refractivity contribution >= 4 is 11.9 Å². The molecule has 3 N–H and O–H groups in total. The van der Waals surface area contributed by atoms with E-state index in [1.54, 1.807) is 6.08 Å². The number of unbranched alkanes of at least 4 members (excludes halogenated alkanes) is 42. The Morgan fingerprint density at radius 1 is 0.389 bits per heavy atom. The third-order valence-corrected chi connectivity index (χ3v) is 14.6. The van der Waals surface area contributed by atoms with Crippen molar-refractivity contribution in [3.8, 4) is 0 Å². The molecule has 0 radical (unpaired) electrons. The standard InChI is InChI=1S/C66H123NO5/c1-3-5-7-9-11-13-15-17-19-20-29-32-36-40-44-48-52-56-60-66(71)72-61-57-53-49-45-41-37-33-30-27-25-23-21-22-24-26-28-31-35-39-43-47-51-55-59-65(70)67-63(62-68)64(69)58-54-50-46-42-38-34-18-16-14-12-10-8-6-4-2/h13,15,19-20,24,26,54,58,63-64,68-69H,3-12,14,16-18,21-23,25,27-53,55-57,59-62H2,1-2H3,(H,67,70)/b15-13-,20-19-,26-24-,58-54+. The average Bonchev–Trinajstić information content (AvgIpc) is 3.38. The third-order valence-electron chi connectivity index (χ3n) is 14.6. The lowest BCUT2D eigenvalue weighted by molar-refractivity contribution is -0.143. The van der Waals surface area contributed by atoms with Gasteiger partial charge >= 0.3 is 5.97 Å². The van der Waals surface area contributed by atoms with Crippen LogP contribution in [-0.2, 0) is 14.3 Å². The van der Waals surface area contributed by atoms with Crippen LogP contribution in [0.5, 0.6) is 0 Å². The zero-order valence-corrected chi connectivity index (χ0v) is 48.2. The third kappa shape index (κ3) is 57.1. The molecule has 0 fully saturated rings. The Bertz CT molecular complexity index is 1210. The quantitative estimate of drug-likeness (QED) is 0.0320. The molecule has 0 bridgehead atoms. The van der Waals surface area contributed by atoms with Crippen LogP contribution in [0.4, 0.5) is 0 Å². The first kappa shape index (κ1) is 69.8. The number of aliphatic hydroxyl groups excluding tert-OH is 2. The number of aliphatic hydroxyl groups is 2. The summed E-state index contributed by atoms with van der Waals surface area (Å²) >= 11 is 0. The Balaban J connectivity index is 3.42. The molecule has 0 aromatic rings. The maximum absolute atomic E-state index is 12.5. The van der Waals surface area contributed by atoms with E-state index in [0.717, 1.165) is 57.8 Å². The van der Waals surface area contributed by atoms with Gasteiger partial charge in [0.1, 0.15) is 0 Å². The molecule has 72 heavy (non-hydrogen) atoms. The minimum Gasteiger partial charge on any atom is -0.466 e. The summed E-state index contributed by atoms with van der Waals surface area (Å²) in [6.45, 7) is 4.89. The van der Waals surface area contributed by atoms with Crippen molar-refractivity contribution in [2.45, 2.75) is 347 Å². The van der Waals surface area contributed by atoms with Crippen LogP contribution in [0.25, 0.3) is 0 Å². The molecule has 2 unspecified atom stereocenters. The van der Waals surface area contributed by atoms with E-state index in [1.165, 1.54) is 250 Å². The number of nitrogens with one attached hydrogen (secondary N) is 1. The van der Waals surface area contributed by atoms with E-state index in [1.807, 2.05) is 6.08 Å². The highest BCUT2D eigenvalue weighted by Gasteiger charge is 2.18. The summed E-state index contributed by atoms with van der Waals surface area (Å²) in [7, 11) is 0. The van der Waals surface area contributed by atoms with Crippen LogP contribution in [0, 0.1) is 0 Å². The first-order chi connectivity index (χ1) is 35.5. The fourth-order valence-corrected chi connectivity index (χ4v) is 9.66. The maximum atomic E-state index is 12.5. The van der Waals surface area contributed by atoms with E-state index in [9.17, 15) is 19.8 Å². The van der Waals surface area contributed by atoms with Crippen molar-refractivity contribution in [2.24, 2.45) is 0 Å². The monoisotopic (exact) mass is 1010 g/mol. The van der Waals surface area contributed by atoms with Crippen molar-refractivity contribution in [3.05, 3.63) is 48.6 Å². The van der Waals surface area contributed by atoms with E-state index in [4.69, 9.17) is 4.74 Å². The van der Waals surface area contributed by atoms with Crippen molar-refractivity contribution in [1.82, 2.24) is 5.32 Å². The van der Waals surface area contributed by atoms with Gasteiger partial charge in [0.15, 0.2) is 0 Å². The molecule has 422 valence electrons. The summed E-state index contributed by atoms with van der Waals surface area (Å²) in [6.07, 6.45) is 78.7. The second-order valence-corrected chi connectivity index (χ2v) is 21.7. The first-order valence-corrected chi connectivity index (χ1v) is 31.9. The van der Waals surface area contributed by atoms with E-state index in [-0.39, 0.29) is 18.5 Å². The highest BCUT2D eigenvalue weighted by Crippen LogP contribution is 2.17. The van der Waals surface area contributed by atoms with Gasteiger partial charge in [0.2, 0.25) is 5.91 Å². The van der Waals surface area contributed by atoms with Crippen LogP contribution in [0.1, 0.15) is 335 Å². The van der Waals surface area contributed by atoms with Gasteiger partial charge in [-0.1, -0.05) is 281 Å². The summed E-state index contributed by atoms with van der Waals surface area (Å²) in [4.78, 5) is 24.5.